The first-order chi connectivity index (χ1) is 12.1. The molecular weight excluding hydrogens is 328 g/mol. The second kappa shape index (κ2) is 9.98. The first-order valence-electron chi connectivity index (χ1n) is 8.42. The molecule has 7 heteroatoms. The lowest BCUT2D eigenvalue weighted by molar-refractivity contribution is -0.0528. The summed E-state index contributed by atoms with van der Waals surface area (Å²) in [5, 5.41) is 3.96. The molecule has 3 rings (SSSR count). The van der Waals surface area contributed by atoms with Crippen molar-refractivity contribution in [2.75, 3.05) is 12.8 Å². The second-order valence-electron chi connectivity index (χ2n) is 5.96. The van der Waals surface area contributed by atoms with E-state index in [0.717, 1.165) is 25.7 Å². The molecule has 2 N–H and O–H groups in total. The number of rotatable bonds is 5. The lowest BCUT2D eigenvalue weighted by Crippen LogP contribution is -2.13. The molecule has 1 heterocycles. The van der Waals surface area contributed by atoms with Crippen LogP contribution in [0, 0.1) is 0 Å². The van der Waals surface area contributed by atoms with Crippen molar-refractivity contribution in [1.82, 2.24) is 9.78 Å². The zero-order valence-electron chi connectivity index (χ0n) is 14.4. The van der Waals surface area contributed by atoms with Crippen LogP contribution < -0.4 is 10.5 Å². The Morgan fingerprint density at radius 2 is 1.88 bits per heavy atom. The highest BCUT2D eigenvalue weighted by Gasteiger charge is 2.19. The molecule has 0 atom stereocenters. The number of nitrogen functional groups attached to an aromatic ring is 1. The summed E-state index contributed by atoms with van der Waals surface area (Å²) in [6.07, 6.45) is 7.15. The number of methoxy groups -OCH3 is 1. The van der Waals surface area contributed by atoms with Gasteiger partial charge in [0.15, 0.2) is 0 Å². The molecule has 0 unspecified atom stereocenters. The van der Waals surface area contributed by atoms with E-state index in [1.165, 1.54) is 12.0 Å². The monoisotopic (exact) mass is 353 g/mol. The summed E-state index contributed by atoms with van der Waals surface area (Å²) in [6.45, 7) is -2.17. The fourth-order valence-electron chi connectivity index (χ4n) is 2.84. The van der Waals surface area contributed by atoms with Crippen molar-refractivity contribution >= 4 is 5.69 Å². The lowest BCUT2D eigenvalue weighted by Gasteiger charge is -2.21. The molecule has 25 heavy (non-hydrogen) atoms. The summed E-state index contributed by atoms with van der Waals surface area (Å²) >= 11 is 0. The molecule has 1 aromatic heterocycles. The van der Waals surface area contributed by atoms with Gasteiger partial charge < -0.3 is 15.2 Å². The minimum atomic E-state index is -2.88. The van der Waals surface area contributed by atoms with Crippen molar-refractivity contribution in [1.29, 1.82) is 0 Å². The molecule has 0 amide bonds. The van der Waals surface area contributed by atoms with Crippen LogP contribution in [0.5, 0.6) is 5.88 Å². The molecule has 0 aliphatic heterocycles. The van der Waals surface area contributed by atoms with E-state index in [1.807, 2.05) is 30.3 Å². The number of anilines is 1. The molecule has 1 fully saturated rings. The quantitative estimate of drug-likeness (QED) is 0.865. The maximum atomic E-state index is 12.0. The average Bonchev–Trinajstić information content (AvgIpc) is 2.98. The number of alkyl halides is 2. The Labute approximate surface area is 146 Å². The molecule has 1 aliphatic carbocycles. The Morgan fingerprint density at radius 1 is 1.20 bits per heavy atom. The van der Waals surface area contributed by atoms with Gasteiger partial charge in [-0.2, -0.15) is 8.78 Å². The van der Waals surface area contributed by atoms with Crippen molar-refractivity contribution in [3.8, 4) is 5.88 Å². The van der Waals surface area contributed by atoms with E-state index >= 15 is 0 Å². The normalized spacial score (nSPS) is 14.9. The molecule has 1 saturated carbocycles. The molecular formula is C18H25F2N3O2. The van der Waals surface area contributed by atoms with E-state index in [0.29, 0.717) is 6.61 Å². The Hall–Kier alpha value is -2.15. The van der Waals surface area contributed by atoms with Crippen LogP contribution in [-0.2, 0) is 11.3 Å². The number of aromatic nitrogens is 2. The molecule has 0 saturated heterocycles. The van der Waals surface area contributed by atoms with Crippen molar-refractivity contribution < 1.29 is 18.3 Å². The van der Waals surface area contributed by atoms with Gasteiger partial charge in [-0.15, -0.1) is 5.10 Å². The lowest BCUT2D eigenvalue weighted by atomic mass is 9.96. The van der Waals surface area contributed by atoms with E-state index in [-0.39, 0.29) is 17.6 Å². The number of benzene rings is 1. The first kappa shape index (κ1) is 19.2. The van der Waals surface area contributed by atoms with Crippen molar-refractivity contribution in [2.24, 2.45) is 0 Å². The Bertz CT molecular complexity index is 614. The summed E-state index contributed by atoms with van der Waals surface area (Å²) in [5.74, 6) is -0.166. The maximum Gasteiger partial charge on any atom is 0.388 e. The smallest absolute Gasteiger partial charge is 0.388 e. The minimum Gasteiger partial charge on any atom is -0.413 e. The van der Waals surface area contributed by atoms with Gasteiger partial charge >= 0.3 is 6.61 Å². The van der Waals surface area contributed by atoms with Crippen LogP contribution in [0.3, 0.4) is 0 Å². The van der Waals surface area contributed by atoms with E-state index in [2.05, 4.69) is 9.84 Å². The Morgan fingerprint density at radius 3 is 2.48 bits per heavy atom. The van der Waals surface area contributed by atoms with Crippen molar-refractivity contribution in [3.63, 3.8) is 0 Å². The van der Waals surface area contributed by atoms with Gasteiger partial charge in [-0.3, -0.25) is 4.68 Å². The summed E-state index contributed by atoms with van der Waals surface area (Å²) in [5.41, 5.74) is 6.95. The number of ether oxygens (including phenoxy) is 2. The zero-order chi connectivity index (χ0) is 18.1. The number of halogens is 2. The third-order valence-corrected chi connectivity index (χ3v) is 4.03. The molecule has 0 bridgehead atoms. The highest BCUT2D eigenvalue weighted by molar-refractivity contribution is 5.46. The highest BCUT2D eigenvalue weighted by Crippen LogP contribution is 2.30. The molecule has 1 aromatic carbocycles. The molecule has 0 radical (unpaired) electrons. The van der Waals surface area contributed by atoms with E-state index in [9.17, 15) is 8.78 Å². The zero-order valence-corrected chi connectivity index (χ0v) is 14.4. The van der Waals surface area contributed by atoms with Gasteiger partial charge in [0.05, 0.1) is 18.8 Å². The van der Waals surface area contributed by atoms with Gasteiger partial charge in [-0.1, -0.05) is 49.6 Å². The fraction of sp³-hybridized carbons (Fsp3) is 0.500. The number of hydrogen-bond donors (Lipinski definition) is 1. The van der Waals surface area contributed by atoms with Gasteiger partial charge in [0.1, 0.15) is 5.69 Å². The number of nitrogens with zero attached hydrogens (tertiary/aromatic N) is 2. The Balaban J connectivity index is 0.000000212. The fourth-order valence-corrected chi connectivity index (χ4v) is 2.84. The SMILES string of the molecule is COCc1ccccc1.Nc1cn(C2CCCCC2)nc1OC(F)F. The van der Waals surface area contributed by atoms with Crippen LogP contribution in [0.15, 0.2) is 36.5 Å². The summed E-state index contributed by atoms with van der Waals surface area (Å²) < 4.78 is 34.9. The van der Waals surface area contributed by atoms with Crippen LogP contribution in [0.25, 0.3) is 0 Å². The third-order valence-electron chi connectivity index (χ3n) is 4.03. The third kappa shape index (κ3) is 6.34. The number of hydrogen-bond acceptors (Lipinski definition) is 4. The molecule has 1 aliphatic rings. The summed E-state index contributed by atoms with van der Waals surface area (Å²) in [7, 11) is 1.70. The van der Waals surface area contributed by atoms with E-state index in [4.69, 9.17) is 10.5 Å². The van der Waals surface area contributed by atoms with Crippen LogP contribution >= 0.6 is 0 Å². The second-order valence-corrected chi connectivity index (χ2v) is 5.96. The molecule has 5 nitrogen and oxygen atoms in total. The van der Waals surface area contributed by atoms with Gasteiger partial charge in [0.25, 0.3) is 5.88 Å². The Kier molecular flexibility index (Phi) is 7.66. The van der Waals surface area contributed by atoms with Gasteiger partial charge in [-0.25, -0.2) is 0 Å². The molecule has 138 valence electrons. The van der Waals surface area contributed by atoms with Crippen LogP contribution in [0.2, 0.25) is 0 Å². The summed E-state index contributed by atoms with van der Waals surface area (Å²) in [4.78, 5) is 0. The number of nitrogens with two attached hydrogens (primary N) is 1. The largest absolute Gasteiger partial charge is 0.413 e. The van der Waals surface area contributed by atoms with Gasteiger partial charge in [0, 0.05) is 7.11 Å². The molecule has 0 spiro atoms. The minimum absolute atomic E-state index is 0.166. The van der Waals surface area contributed by atoms with Gasteiger partial charge in [-0.05, 0) is 18.4 Å². The predicted octanol–water partition coefficient (Wildman–Crippen LogP) is 4.40. The van der Waals surface area contributed by atoms with Crippen molar-refractivity contribution in [3.05, 3.63) is 42.1 Å². The summed E-state index contributed by atoms with van der Waals surface area (Å²) in [6, 6.07) is 10.4. The topological polar surface area (TPSA) is 62.3 Å². The highest BCUT2D eigenvalue weighted by atomic mass is 19.3. The molecule has 2 aromatic rings. The standard InChI is InChI=1S/C10H15F2N3O.C8H10O/c11-10(12)16-9-8(13)6-15(14-9)7-4-2-1-3-5-7;1-9-7-8-5-3-2-4-6-8/h6-7,10H,1-5,13H2;2-6H,7H2,1H3. The first-order valence-corrected chi connectivity index (χ1v) is 8.42. The predicted molar refractivity (Wildman–Crippen MR) is 92.5 cm³/mol. The van der Waals surface area contributed by atoms with E-state index in [1.54, 1.807) is 18.0 Å². The average molecular weight is 353 g/mol. The maximum absolute atomic E-state index is 12.0. The van der Waals surface area contributed by atoms with Gasteiger partial charge in [0.2, 0.25) is 0 Å². The van der Waals surface area contributed by atoms with Crippen LogP contribution in [0.1, 0.15) is 43.7 Å². The van der Waals surface area contributed by atoms with Crippen LogP contribution in [-0.4, -0.2) is 23.5 Å². The van der Waals surface area contributed by atoms with E-state index < -0.39 is 6.61 Å². The van der Waals surface area contributed by atoms with Crippen molar-refractivity contribution in [2.45, 2.75) is 51.4 Å². The van der Waals surface area contributed by atoms with Crippen LogP contribution in [0.4, 0.5) is 14.5 Å².